The molecule has 1 heterocycles. The van der Waals surface area contributed by atoms with Gasteiger partial charge in [-0.25, -0.2) is 4.79 Å². The van der Waals surface area contributed by atoms with Crippen LogP contribution in [0.25, 0.3) is 0 Å². The normalized spacial score (nSPS) is 29.7. The number of hydrogen-bond acceptors (Lipinski definition) is 3. The summed E-state index contributed by atoms with van der Waals surface area (Å²) in [6.45, 7) is 8.88. The Bertz CT molecular complexity index is 248. The number of rotatable bonds is 0. The second kappa shape index (κ2) is 4.17. The minimum absolute atomic E-state index is 0.331. The molecule has 0 aliphatic carbocycles. The maximum Gasteiger partial charge on any atom is 0.410 e. The smallest absolute Gasteiger partial charge is 0.410 e. The quantitative estimate of drug-likeness (QED) is 0.640. The van der Waals surface area contributed by atoms with E-state index < -0.39 is 11.6 Å². The molecule has 14 heavy (non-hydrogen) atoms. The van der Waals surface area contributed by atoms with Crippen LogP contribution in [0.5, 0.6) is 0 Å². The summed E-state index contributed by atoms with van der Waals surface area (Å²) in [5.41, 5.74) is -0.472. The van der Waals surface area contributed by atoms with E-state index in [0.717, 1.165) is 0 Å². The lowest BCUT2D eigenvalue weighted by atomic mass is 10.2. The SMILES string of the molecule is [2H]C1(C)CN(C(=O)OC(C)(C)C)CCN1. The molecule has 0 spiro atoms. The van der Waals surface area contributed by atoms with Gasteiger partial charge in [-0.15, -0.1) is 0 Å². The first-order valence-electron chi connectivity index (χ1n) is 5.43. The van der Waals surface area contributed by atoms with Gasteiger partial charge in [0.2, 0.25) is 0 Å². The van der Waals surface area contributed by atoms with Crippen molar-refractivity contribution in [2.75, 3.05) is 19.6 Å². The summed E-state index contributed by atoms with van der Waals surface area (Å²) in [4.78, 5) is 13.3. The molecule has 0 aromatic rings. The van der Waals surface area contributed by atoms with Crippen LogP contribution in [0.1, 0.15) is 29.1 Å². The highest BCUT2D eigenvalue weighted by atomic mass is 16.6. The van der Waals surface area contributed by atoms with Crippen LogP contribution in [0.4, 0.5) is 4.79 Å². The molecule has 1 rings (SSSR count). The minimum Gasteiger partial charge on any atom is -0.444 e. The number of carbonyl (C=O) groups excluding carboxylic acids is 1. The molecule has 0 saturated carbocycles. The Morgan fingerprint density at radius 3 is 2.79 bits per heavy atom. The van der Waals surface area contributed by atoms with Crippen LogP contribution < -0.4 is 5.32 Å². The average Bonchev–Trinajstić information content (AvgIpc) is 1.99. The zero-order valence-electron chi connectivity index (χ0n) is 10.4. The zero-order chi connectivity index (χ0) is 11.7. The first-order chi connectivity index (χ1) is 6.70. The van der Waals surface area contributed by atoms with Gasteiger partial charge in [-0.1, -0.05) is 0 Å². The van der Waals surface area contributed by atoms with E-state index in [1.807, 2.05) is 20.8 Å². The molecule has 1 fully saturated rings. The predicted molar refractivity (Wildman–Crippen MR) is 55.3 cm³/mol. The van der Waals surface area contributed by atoms with Crippen molar-refractivity contribution >= 4 is 6.09 Å². The summed E-state index contributed by atoms with van der Waals surface area (Å²) in [7, 11) is 0. The summed E-state index contributed by atoms with van der Waals surface area (Å²) in [5, 5.41) is 3.02. The lowest BCUT2D eigenvalue weighted by Gasteiger charge is -2.33. The summed E-state index contributed by atoms with van der Waals surface area (Å²) < 4.78 is 13.1. The van der Waals surface area contributed by atoms with Crippen LogP contribution >= 0.6 is 0 Å². The molecule has 1 N–H and O–H groups in total. The third-order valence-electron chi connectivity index (χ3n) is 1.89. The number of carbonyl (C=O) groups is 1. The molecule has 0 bridgehead atoms. The van der Waals surface area contributed by atoms with Crippen molar-refractivity contribution in [3.63, 3.8) is 0 Å². The molecule has 1 unspecified atom stereocenters. The Balaban J connectivity index is 2.53. The van der Waals surface area contributed by atoms with Gasteiger partial charge < -0.3 is 15.0 Å². The third-order valence-corrected chi connectivity index (χ3v) is 1.89. The van der Waals surface area contributed by atoms with Crippen molar-refractivity contribution in [1.29, 1.82) is 0 Å². The number of amides is 1. The molecular formula is C10H20N2O2. The molecular weight excluding hydrogens is 180 g/mol. The van der Waals surface area contributed by atoms with Gasteiger partial charge in [0.1, 0.15) is 5.60 Å². The molecule has 1 atom stereocenters. The lowest BCUT2D eigenvalue weighted by Crippen LogP contribution is -2.52. The maximum atomic E-state index is 11.7. The Morgan fingerprint density at radius 1 is 1.64 bits per heavy atom. The monoisotopic (exact) mass is 201 g/mol. The van der Waals surface area contributed by atoms with Gasteiger partial charge in [-0.05, 0) is 27.7 Å². The van der Waals surface area contributed by atoms with Gasteiger partial charge in [0.25, 0.3) is 0 Å². The summed E-state index contributed by atoms with van der Waals surface area (Å²) >= 11 is 0. The highest BCUT2D eigenvalue weighted by Crippen LogP contribution is 2.11. The van der Waals surface area contributed by atoms with Crippen LogP contribution in [0.15, 0.2) is 0 Å². The van der Waals surface area contributed by atoms with E-state index in [1.54, 1.807) is 11.8 Å². The van der Waals surface area contributed by atoms with Crippen LogP contribution in [0.2, 0.25) is 0 Å². The molecule has 1 amide bonds. The van der Waals surface area contributed by atoms with Crippen LogP contribution in [0, 0.1) is 0 Å². The fourth-order valence-corrected chi connectivity index (χ4v) is 1.31. The van der Waals surface area contributed by atoms with Gasteiger partial charge in [0, 0.05) is 27.0 Å². The highest BCUT2D eigenvalue weighted by molar-refractivity contribution is 5.68. The van der Waals surface area contributed by atoms with Crippen molar-refractivity contribution < 1.29 is 10.9 Å². The second-order valence-corrected chi connectivity index (χ2v) is 4.61. The van der Waals surface area contributed by atoms with Crippen LogP contribution in [-0.4, -0.2) is 42.2 Å². The minimum atomic E-state index is -0.769. The van der Waals surface area contributed by atoms with Crippen molar-refractivity contribution in [2.24, 2.45) is 0 Å². The molecule has 4 heteroatoms. The largest absolute Gasteiger partial charge is 0.444 e. The second-order valence-electron chi connectivity index (χ2n) is 4.61. The van der Waals surface area contributed by atoms with Gasteiger partial charge >= 0.3 is 6.09 Å². The number of ether oxygens (including phenoxy) is 1. The van der Waals surface area contributed by atoms with E-state index in [-0.39, 0.29) is 6.09 Å². The standard InChI is InChI=1S/C10H20N2O2/c1-8-7-12(6-5-11-8)9(13)14-10(2,3)4/h8,11H,5-7H2,1-4H3/i8D. The van der Waals surface area contributed by atoms with E-state index in [2.05, 4.69) is 5.32 Å². The van der Waals surface area contributed by atoms with Crippen molar-refractivity contribution in [2.45, 2.75) is 39.3 Å². The van der Waals surface area contributed by atoms with Gasteiger partial charge in [0.05, 0.1) is 0 Å². The topological polar surface area (TPSA) is 41.6 Å². The summed E-state index contributed by atoms with van der Waals surface area (Å²) in [5.74, 6) is 0. The number of nitrogens with zero attached hydrogens (tertiary/aromatic N) is 1. The molecule has 0 aromatic carbocycles. The molecule has 0 radical (unpaired) electrons. The summed E-state index contributed by atoms with van der Waals surface area (Å²) in [6.07, 6.45) is -0.331. The predicted octanol–water partition coefficient (Wildman–Crippen LogP) is 1.22. The van der Waals surface area contributed by atoms with Crippen molar-refractivity contribution in [3.8, 4) is 0 Å². The van der Waals surface area contributed by atoms with E-state index >= 15 is 0 Å². The highest BCUT2D eigenvalue weighted by Gasteiger charge is 2.25. The zero-order valence-corrected chi connectivity index (χ0v) is 9.39. The lowest BCUT2D eigenvalue weighted by molar-refractivity contribution is 0.0201. The van der Waals surface area contributed by atoms with Gasteiger partial charge in [-0.3, -0.25) is 0 Å². The first-order valence-corrected chi connectivity index (χ1v) is 4.93. The molecule has 82 valence electrons. The molecule has 4 nitrogen and oxygen atoms in total. The van der Waals surface area contributed by atoms with E-state index in [0.29, 0.717) is 19.6 Å². The summed E-state index contributed by atoms with van der Waals surface area (Å²) in [6, 6.07) is -0.769. The Hall–Kier alpha value is -0.770. The number of hydrogen-bond donors (Lipinski definition) is 1. The number of piperazine rings is 1. The van der Waals surface area contributed by atoms with Gasteiger partial charge in [0.15, 0.2) is 0 Å². The fraction of sp³-hybridized carbons (Fsp3) is 0.900. The molecule has 1 aliphatic heterocycles. The molecule has 0 aromatic heterocycles. The van der Waals surface area contributed by atoms with E-state index in [4.69, 9.17) is 6.11 Å². The van der Waals surface area contributed by atoms with Crippen LogP contribution in [-0.2, 0) is 4.74 Å². The third kappa shape index (κ3) is 3.54. The van der Waals surface area contributed by atoms with Gasteiger partial charge in [-0.2, -0.15) is 0 Å². The average molecular weight is 201 g/mol. The van der Waals surface area contributed by atoms with Crippen molar-refractivity contribution in [1.82, 2.24) is 10.2 Å². The fourth-order valence-electron chi connectivity index (χ4n) is 1.31. The first kappa shape index (κ1) is 9.77. The number of nitrogens with one attached hydrogen (secondary N) is 1. The van der Waals surface area contributed by atoms with E-state index in [1.165, 1.54) is 0 Å². The Kier molecular flexibility index (Phi) is 2.91. The van der Waals surface area contributed by atoms with E-state index in [9.17, 15) is 4.79 Å². The molecule has 1 aliphatic rings. The van der Waals surface area contributed by atoms with Crippen LogP contribution in [0.3, 0.4) is 0 Å². The maximum absolute atomic E-state index is 11.7. The Morgan fingerprint density at radius 2 is 2.29 bits per heavy atom. The van der Waals surface area contributed by atoms with Crippen molar-refractivity contribution in [3.05, 3.63) is 0 Å². The molecule has 1 saturated heterocycles. The Labute approximate surface area is 87.0 Å².